The lowest BCUT2D eigenvalue weighted by atomic mass is 9.85. The van der Waals surface area contributed by atoms with E-state index < -0.39 is 6.16 Å². The number of hydrogen-bond donors (Lipinski definition) is 1. The van der Waals surface area contributed by atoms with Gasteiger partial charge in [-0.25, -0.2) is 4.79 Å². The molecule has 0 unspecified atom stereocenters. The van der Waals surface area contributed by atoms with E-state index in [0.29, 0.717) is 5.75 Å². The van der Waals surface area contributed by atoms with Crippen LogP contribution in [0.1, 0.15) is 31.9 Å². The minimum atomic E-state index is -1.27. The molecule has 0 amide bonds. The third-order valence-corrected chi connectivity index (χ3v) is 2.14. The minimum absolute atomic E-state index is 0.128. The molecular weight excluding hydrogens is 192 g/mol. The average molecular weight is 208 g/mol. The molecule has 0 bridgehead atoms. The molecule has 0 saturated carbocycles. The standard InChI is InChI=1S/C12H16O3/c1-8-5-6-10(15-11(13)14)9(7-8)12(2,3)4/h5-7H,1-4H3,(H,13,14). The highest BCUT2D eigenvalue weighted by atomic mass is 16.7. The van der Waals surface area contributed by atoms with Gasteiger partial charge in [0.25, 0.3) is 0 Å². The van der Waals surface area contributed by atoms with E-state index in [0.717, 1.165) is 11.1 Å². The summed E-state index contributed by atoms with van der Waals surface area (Å²) in [5, 5.41) is 8.60. The summed E-state index contributed by atoms with van der Waals surface area (Å²) in [5.74, 6) is 0.417. The van der Waals surface area contributed by atoms with Crippen LogP contribution in [0.25, 0.3) is 0 Å². The molecule has 1 aromatic carbocycles. The molecule has 82 valence electrons. The molecule has 0 saturated heterocycles. The maximum atomic E-state index is 10.5. The van der Waals surface area contributed by atoms with Crippen molar-refractivity contribution in [2.24, 2.45) is 0 Å². The van der Waals surface area contributed by atoms with Gasteiger partial charge < -0.3 is 9.84 Å². The zero-order chi connectivity index (χ0) is 11.6. The van der Waals surface area contributed by atoms with Crippen molar-refractivity contribution in [2.75, 3.05) is 0 Å². The van der Waals surface area contributed by atoms with Crippen LogP contribution in [-0.4, -0.2) is 11.3 Å². The molecule has 3 heteroatoms. The zero-order valence-corrected chi connectivity index (χ0v) is 9.50. The summed E-state index contributed by atoms with van der Waals surface area (Å²) in [6.07, 6.45) is -1.27. The monoisotopic (exact) mass is 208 g/mol. The molecule has 3 nitrogen and oxygen atoms in total. The van der Waals surface area contributed by atoms with Crippen molar-refractivity contribution in [2.45, 2.75) is 33.1 Å². The third-order valence-electron chi connectivity index (χ3n) is 2.14. The largest absolute Gasteiger partial charge is 0.511 e. The van der Waals surface area contributed by atoms with Crippen molar-refractivity contribution in [3.05, 3.63) is 29.3 Å². The first-order valence-corrected chi connectivity index (χ1v) is 4.82. The minimum Gasteiger partial charge on any atom is -0.449 e. The zero-order valence-electron chi connectivity index (χ0n) is 9.50. The Morgan fingerprint density at radius 3 is 2.40 bits per heavy atom. The van der Waals surface area contributed by atoms with Crippen LogP contribution in [0, 0.1) is 6.92 Å². The summed E-state index contributed by atoms with van der Waals surface area (Å²) in [6, 6.07) is 5.50. The molecule has 0 spiro atoms. The Morgan fingerprint density at radius 2 is 1.93 bits per heavy atom. The molecule has 0 aliphatic rings. The normalized spacial score (nSPS) is 11.2. The van der Waals surface area contributed by atoms with Crippen molar-refractivity contribution in [1.29, 1.82) is 0 Å². The van der Waals surface area contributed by atoms with Crippen LogP contribution >= 0.6 is 0 Å². The van der Waals surface area contributed by atoms with Crippen LogP contribution in [0.5, 0.6) is 5.75 Å². The van der Waals surface area contributed by atoms with E-state index in [1.54, 1.807) is 6.07 Å². The Kier molecular flexibility index (Phi) is 3.03. The molecule has 0 aliphatic carbocycles. The fourth-order valence-corrected chi connectivity index (χ4v) is 1.41. The Labute approximate surface area is 89.7 Å². The molecule has 1 aromatic rings. The molecule has 15 heavy (non-hydrogen) atoms. The third kappa shape index (κ3) is 2.98. The summed E-state index contributed by atoms with van der Waals surface area (Å²) < 4.78 is 4.74. The summed E-state index contributed by atoms with van der Waals surface area (Å²) in [7, 11) is 0. The summed E-state index contributed by atoms with van der Waals surface area (Å²) in [4.78, 5) is 10.5. The van der Waals surface area contributed by atoms with Gasteiger partial charge in [0, 0.05) is 5.56 Å². The quantitative estimate of drug-likeness (QED) is 0.568. The molecule has 0 fully saturated rings. The Morgan fingerprint density at radius 1 is 1.33 bits per heavy atom. The van der Waals surface area contributed by atoms with Gasteiger partial charge in [0.15, 0.2) is 0 Å². The fraction of sp³-hybridized carbons (Fsp3) is 0.417. The van der Waals surface area contributed by atoms with Gasteiger partial charge in [-0.3, -0.25) is 0 Å². The van der Waals surface area contributed by atoms with Gasteiger partial charge in [0.05, 0.1) is 0 Å². The van der Waals surface area contributed by atoms with Gasteiger partial charge >= 0.3 is 6.16 Å². The van der Waals surface area contributed by atoms with E-state index in [2.05, 4.69) is 0 Å². The van der Waals surface area contributed by atoms with E-state index in [1.807, 2.05) is 39.8 Å². The second-order valence-electron chi connectivity index (χ2n) is 4.62. The van der Waals surface area contributed by atoms with Gasteiger partial charge in [-0.2, -0.15) is 0 Å². The fourth-order valence-electron chi connectivity index (χ4n) is 1.41. The van der Waals surface area contributed by atoms with Crippen LogP contribution in [0.4, 0.5) is 4.79 Å². The van der Waals surface area contributed by atoms with Gasteiger partial charge in [0.1, 0.15) is 5.75 Å². The highest BCUT2D eigenvalue weighted by molar-refractivity contribution is 5.62. The highest BCUT2D eigenvalue weighted by Gasteiger charge is 2.20. The Balaban J connectivity index is 3.20. The maximum Gasteiger partial charge on any atom is 0.511 e. The number of benzene rings is 1. The first kappa shape index (κ1) is 11.6. The number of carboxylic acid groups (broad SMARTS) is 1. The SMILES string of the molecule is Cc1ccc(OC(=O)O)c(C(C)(C)C)c1. The molecule has 0 aliphatic heterocycles. The molecule has 0 aromatic heterocycles. The Hall–Kier alpha value is -1.51. The van der Waals surface area contributed by atoms with Crippen molar-refractivity contribution in [3.63, 3.8) is 0 Å². The van der Waals surface area contributed by atoms with Crippen LogP contribution < -0.4 is 4.74 Å². The lowest BCUT2D eigenvalue weighted by molar-refractivity contribution is 0.143. The van der Waals surface area contributed by atoms with Crippen molar-refractivity contribution in [3.8, 4) is 5.75 Å². The van der Waals surface area contributed by atoms with Crippen molar-refractivity contribution >= 4 is 6.16 Å². The number of carbonyl (C=O) groups is 1. The second kappa shape index (κ2) is 3.93. The molecular formula is C12H16O3. The number of rotatable bonds is 1. The van der Waals surface area contributed by atoms with Crippen LogP contribution in [0.15, 0.2) is 18.2 Å². The molecule has 0 radical (unpaired) electrons. The lowest BCUT2D eigenvalue weighted by Crippen LogP contribution is -2.15. The number of hydrogen-bond acceptors (Lipinski definition) is 2. The molecule has 1 rings (SSSR count). The van der Waals surface area contributed by atoms with Gasteiger partial charge in [-0.05, 0) is 18.4 Å². The van der Waals surface area contributed by atoms with E-state index in [4.69, 9.17) is 9.84 Å². The first-order chi connectivity index (χ1) is 6.80. The average Bonchev–Trinajstić information content (AvgIpc) is 2.05. The van der Waals surface area contributed by atoms with Crippen molar-refractivity contribution < 1.29 is 14.6 Å². The predicted molar refractivity (Wildman–Crippen MR) is 58.5 cm³/mol. The topological polar surface area (TPSA) is 46.5 Å². The summed E-state index contributed by atoms with van der Waals surface area (Å²) >= 11 is 0. The number of ether oxygens (including phenoxy) is 1. The Bertz CT molecular complexity index is 375. The lowest BCUT2D eigenvalue weighted by Gasteiger charge is -2.22. The predicted octanol–water partition coefficient (Wildman–Crippen LogP) is 3.35. The smallest absolute Gasteiger partial charge is 0.449 e. The van der Waals surface area contributed by atoms with E-state index in [-0.39, 0.29) is 5.41 Å². The van der Waals surface area contributed by atoms with Gasteiger partial charge in [-0.15, -0.1) is 0 Å². The summed E-state index contributed by atoms with van der Waals surface area (Å²) in [5.41, 5.74) is 1.87. The van der Waals surface area contributed by atoms with Crippen molar-refractivity contribution in [1.82, 2.24) is 0 Å². The van der Waals surface area contributed by atoms with E-state index in [1.165, 1.54) is 0 Å². The molecule has 0 heterocycles. The van der Waals surface area contributed by atoms with E-state index >= 15 is 0 Å². The number of aryl methyl sites for hydroxylation is 1. The molecule has 0 atom stereocenters. The van der Waals surface area contributed by atoms with Crippen LogP contribution in [0.2, 0.25) is 0 Å². The highest BCUT2D eigenvalue weighted by Crippen LogP contribution is 2.32. The van der Waals surface area contributed by atoms with Crippen LogP contribution in [0.3, 0.4) is 0 Å². The van der Waals surface area contributed by atoms with Crippen LogP contribution in [-0.2, 0) is 5.41 Å². The van der Waals surface area contributed by atoms with E-state index in [9.17, 15) is 4.79 Å². The first-order valence-electron chi connectivity index (χ1n) is 4.82. The van der Waals surface area contributed by atoms with Gasteiger partial charge in [-0.1, -0.05) is 38.5 Å². The molecule has 1 N–H and O–H groups in total. The summed E-state index contributed by atoms with van der Waals surface area (Å²) in [6.45, 7) is 8.04. The van der Waals surface area contributed by atoms with Gasteiger partial charge in [0.2, 0.25) is 0 Å². The second-order valence-corrected chi connectivity index (χ2v) is 4.62. The maximum absolute atomic E-state index is 10.5.